The second kappa shape index (κ2) is 20.2. The molecule has 0 atom stereocenters. The van der Waals surface area contributed by atoms with E-state index in [9.17, 15) is 0 Å². The lowest BCUT2D eigenvalue weighted by Crippen LogP contribution is -2.38. The van der Waals surface area contributed by atoms with Crippen molar-refractivity contribution in [2.24, 2.45) is 22.7 Å². The molecule has 204 valence electrons. The van der Waals surface area contributed by atoms with Gasteiger partial charge in [-0.2, -0.15) is 0 Å². The van der Waals surface area contributed by atoms with E-state index in [-0.39, 0.29) is 0 Å². The van der Waals surface area contributed by atoms with E-state index in [1.54, 1.807) is 0 Å². The van der Waals surface area contributed by atoms with Crippen LogP contribution >= 0.6 is 0 Å². The lowest BCUT2D eigenvalue weighted by atomic mass is 9.80. The maximum atomic E-state index is 2.55. The lowest BCUT2D eigenvalue weighted by molar-refractivity contribution is 0.175. The van der Waals surface area contributed by atoms with E-state index in [0.717, 1.165) is 11.8 Å². The molecule has 0 unspecified atom stereocenters. The molecule has 1 heterocycles. The van der Waals surface area contributed by atoms with Crippen molar-refractivity contribution in [3.8, 4) is 0 Å². The first-order valence-corrected chi connectivity index (χ1v) is 15.1. The zero-order chi connectivity index (χ0) is 26.7. The summed E-state index contributed by atoms with van der Waals surface area (Å²) in [5.41, 5.74) is 1.57. The van der Waals surface area contributed by atoms with Crippen LogP contribution in [0.4, 0.5) is 0 Å². The smallest absolute Gasteiger partial charge is 0.0125 e. The van der Waals surface area contributed by atoms with Gasteiger partial charge < -0.3 is 0 Å². The average molecular weight is 470 g/mol. The van der Waals surface area contributed by atoms with Crippen molar-refractivity contribution in [2.75, 3.05) is 13.1 Å². The number of rotatable bonds is 0. The molecule has 2 aliphatic carbocycles. The first kappa shape index (κ1) is 37.5. The van der Waals surface area contributed by atoms with Gasteiger partial charge in [-0.1, -0.05) is 109 Å². The summed E-state index contributed by atoms with van der Waals surface area (Å²) in [5, 5.41) is 0. The van der Waals surface area contributed by atoms with Crippen molar-refractivity contribution in [3.05, 3.63) is 0 Å². The van der Waals surface area contributed by atoms with Crippen molar-refractivity contribution < 1.29 is 0 Å². The summed E-state index contributed by atoms with van der Waals surface area (Å²) in [6.07, 6.45) is 14.6. The quantitative estimate of drug-likeness (QED) is 0.341. The summed E-state index contributed by atoms with van der Waals surface area (Å²) in [7, 11) is 0. The molecule has 0 bridgehead atoms. The molecule has 0 aromatic rings. The van der Waals surface area contributed by atoms with Gasteiger partial charge in [-0.15, -0.1) is 0 Å². The monoisotopic (exact) mass is 470 g/mol. The van der Waals surface area contributed by atoms with Gasteiger partial charge in [-0.05, 0) is 95.1 Å². The standard InChI is InChI=1S/2C9H18.C8H17N.3C2H6/c2*1-9(2,3)8-6-4-5-7-8;1-8(2,3)9-6-4-5-7-9;3*1-2/h2*8H,4-7H2,1-3H3;4-7H2,1-3H3;3*1-2H3. The van der Waals surface area contributed by atoms with E-state index in [0.29, 0.717) is 16.4 Å². The Morgan fingerprint density at radius 3 is 0.788 bits per heavy atom. The van der Waals surface area contributed by atoms with Crippen LogP contribution in [0.1, 0.15) is 168 Å². The maximum absolute atomic E-state index is 2.55. The Morgan fingerprint density at radius 2 is 0.667 bits per heavy atom. The molecule has 3 rings (SSSR count). The highest BCUT2D eigenvalue weighted by Gasteiger charge is 2.27. The summed E-state index contributed by atoms with van der Waals surface area (Å²) in [5.74, 6) is 2.02. The number of hydrogen-bond donors (Lipinski definition) is 0. The minimum Gasteiger partial charge on any atom is -0.298 e. The predicted octanol–water partition coefficient (Wildman–Crippen LogP) is 11.4. The van der Waals surface area contributed by atoms with Gasteiger partial charge in [0.25, 0.3) is 0 Å². The molecule has 0 radical (unpaired) electrons. The normalized spacial score (nSPS) is 19.4. The highest BCUT2D eigenvalue weighted by atomic mass is 15.2. The van der Waals surface area contributed by atoms with Crippen molar-refractivity contribution in [3.63, 3.8) is 0 Å². The molecule has 1 heteroatoms. The molecule has 2 saturated carbocycles. The van der Waals surface area contributed by atoms with Gasteiger partial charge in [-0.25, -0.2) is 0 Å². The third-order valence-electron chi connectivity index (χ3n) is 7.21. The topological polar surface area (TPSA) is 3.24 Å². The molecule has 3 fully saturated rings. The molecule has 1 aliphatic heterocycles. The van der Waals surface area contributed by atoms with Crippen LogP contribution in [0.25, 0.3) is 0 Å². The van der Waals surface area contributed by atoms with Crippen LogP contribution < -0.4 is 0 Å². The Kier molecular flexibility index (Phi) is 22.9. The van der Waals surface area contributed by atoms with Gasteiger partial charge in [0.1, 0.15) is 0 Å². The number of likely N-dealkylation sites (tertiary alicyclic amines) is 1. The predicted molar refractivity (Wildman–Crippen MR) is 157 cm³/mol. The van der Waals surface area contributed by atoms with Crippen LogP contribution in [0.5, 0.6) is 0 Å². The highest BCUT2D eigenvalue weighted by molar-refractivity contribution is 4.80. The summed E-state index contributed by atoms with van der Waals surface area (Å²) < 4.78 is 0. The van der Waals surface area contributed by atoms with E-state index >= 15 is 0 Å². The van der Waals surface area contributed by atoms with Crippen molar-refractivity contribution >= 4 is 0 Å². The fourth-order valence-electron chi connectivity index (χ4n) is 4.97. The van der Waals surface area contributed by atoms with E-state index in [1.807, 2.05) is 41.5 Å². The van der Waals surface area contributed by atoms with Crippen molar-refractivity contribution in [2.45, 2.75) is 174 Å². The molecule has 33 heavy (non-hydrogen) atoms. The first-order valence-electron chi connectivity index (χ1n) is 15.1. The highest BCUT2D eigenvalue weighted by Crippen LogP contribution is 2.39. The summed E-state index contributed by atoms with van der Waals surface area (Å²) in [6.45, 7) is 35.7. The van der Waals surface area contributed by atoms with E-state index in [2.05, 4.69) is 67.2 Å². The SMILES string of the molecule is CC.CC.CC.CC(C)(C)C1CCCC1.CC(C)(C)C1CCCC1.CC(C)(C)N1CCCC1. The maximum Gasteiger partial charge on any atom is 0.0125 e. The molecule has 0 N–H and O–H groups in total. The van der Waals surface area contributed by atoms with Gasteiger partial charge in [0.2, 0.25) is 0 Å². The summed E-state index contributed by atoms with van der Waals surface area (Å²) >= 11 is 0. The van der Waals surface area contributed by atoms with Gasteiger partial charge in [0.05, 0.1) is 0 Å². The van der Waals surface area contributed by atoms with E-state index in [4.69, 9.17) is 0 Å². The van der Waals surface area contributed by atoms with Crippen LogP contribution in [0.15, 0.2) is 0 Å². The molecular formula is C32H71N. The minimum atomic E-state index is 0.413. The molecule has 1 saturated heterocycles. The number of hydrogen-bond acceptors (Lipinski definition) is 1. The minimum absolute atomic E-state index is 0.413. The van der Waals surface area contributed by atoms with Crippen LogP contribution in [-0.4, -0.2) is 23.5 Å². The molecule has 1 nitrogen and oxygen atoms in total. The van der Waals surface area contributed by atoms with Crippen LogP contribution in [0.3, 0.4) is 0 Å². The van der Waals surface area contributed by atoms with Gasteiger partial charge in [-0.3, -0.25) is 4.90 Å². The Bertz CT molecular complexity index is 310. The Hall–Kier alpha value is -0.0400. The zero-order valence-electron chi connectivity index (χ0n) is 26.6. The third-order valence-corrected chi connectivity index (χ3v) is 7.21. The first-order chi connectivity index (χ1) is 15.3. The second-order valence-corrected chi connectivity index (χ2v) is 12.6. The van der Waals surface area contributed by atoms with Crippen LogP contribution in [0, 0.1) is 22.7 Å². The molecule has 0 aromatic heterocycles. The molecular weight excluding hydrogens is 398 g/mol. The van der Waals surface area contributed by atoms with Crippen LogP contribution in [0.2, 0.25) is 0 Å². The van der Waals surface area contributed by atoms with Gasteiger partial charge in [0, 0.05) is 5.54 Å². The molecule has 3 aliphatic rings. The fourth-order valence-corrected chi connectivity index (χ4v) is 4.97. The van der Waals surface area contributed by atoms with E-state index in [1.165, 1.54) is 77.3 Å². The molecule has 0 aromatic carbocycles. The van der Waals surface area contributed by atoms with Crippen LogP contribution in [-0.2, 0) is 0 Å². The summed E-state index contributed by atoms with van der Waals surface area (Å²) in [6, 6.07) is 0. The average Bonchev–Trinajstić information content (AvgIpc) is 3.55. The molecule has 0 spiro atoms. The van der Waals surface area contributed by atoms with Crippen molar-refractivity contribution in [1.29, 1.82) is 0 Å². The lowest BCUT2D eigenvalue weighted by Gasteiger charge is -2.31. The Labute approximate surface area is 214 Å². The second-order valence-electron chi connectivity index (χ2n) is 12.6. The van der Waals surface area contributed by atoms with Gasteiger partial charge >= 0.3 is 0 Å². The Balaban J connectivity index is -0.000000367. The largest absolute Gasteiger partial charge is 0.298 e. The Morgan fingerprint density at radius 1 is 0.424 bits per heavy atom. The van der Waals surface area contributed by atoms with Gasteiger partial charge in [0.15, 0.2) is 0 Å². The molecule has 0 amide bonds. The zero-order valence-corrected chi connectivity index (χ0v) is 26.6. The summed E-state index contributed by atoms with van der Waals surface area (Å²) in [4.78, 5) is 2.55. The third kappa shape index (κ3) is 18.9. The van der Waals surface area contributed by atoms with Crippen molar-refractivity contribution in [1.82, 2.24) is 4.90 Å². The number of nitrogens with zero attached hydrogens (tertiary/aromatic N) is 1. The fraction of sp³-hybridized carbons (Fsp3) is 1.00. The van der Waals surface area contributed by atoms with E-state index < -0.39 is 0 Å².